The summed E-state index contributed by atoms with van der Waals surface area (Å²) in [5, 5.41) is 0. The average Bonchev–Trinajstić information content (AvgIpc) is 3.08. The van der Waals surface area contributed by atoms with Crippen LogP contribution in [0, 0.1) is 6.92 Å². The second-order valence-corrected chi connectivity index (χ2v) is 4.67. The van der Waals surface area contributed by atoms with Gasteiger partial charge in [0.05, 0.1) is 23.8 Å². The second-order valence-electron chi connectivity index (χ2n) is 4.67. The van der Waals surface area contributed by atoms with Crippen molar-refractivity contribution in [2.45, 2.75) is 13.1 Å². The van der Waals surface area contributed by atoms with Crippen LogP contribution in [0.3, 0.4) is 0 Å². The summed E-state index contributed by atoms with van der Waals surface area (Å²) in [6, 6.07) is 7.06. The van der Waals surface area contributed by atoms with Gasteiger partial charge in [0.15, 0.2) is 0 Å². The number of hydrogen-bond acceptors (Lipinski definition) is 2. The largest absolute Gasteiger partial charge is 0.464 e. The highest BCUT2D eigenvalue weighted by Crippen LogP contribution is 2.34. The third-order valence-corrected chi connectivity index (χ3v) is 3.06. The van der Waals surface area contributed by atoms with E-state index in [9.17, 15) is 13.2 Å². The third-order valence-electron chi connectivity index (χ3n) is 3.06. The van der Waals surface area contributed by atoms with Gasteiger partial charge < -0.3 is 8.98 Å². The Kier molecular flexibility index (Phi) is 3.08. The monoisotopic (exact) mass is 292 g/mol. The summed E-state index contributed by atoms with van der Waals surface area (Å²) in [4.78, 5) is 4.04. The van der Waals surface area contributed by atoms with Crippen molar-refractivity contribution in [3.63, 3.8) is 0 Å². The van der Waals surface area contributed by atoms with Gasteiger partial charge in [0.1, 0.15) is 5.76 Å². The zero-order valence-corrected chi connectivity index (χ0v) is 11.1. The highest BCUT2D eigenvalue weighted by Gasteiger charge is 2.31. The first-order valence-electron chi connectivity index (χ1n) is 6.20. The number of nitrogens with zero attached hydrogens (tertiary/aromatic N) is 2. The van der Waals surface area contributed by atoms with E-state index >= 15 is 0 Å². The van der Waals surface area contributed by atoms with Gasteiger partial charge in [-0.2, -0.15) is 13.2 Å². The molecule has 108 valence electrons. The van der Waals surface area contributed by atoms with Crippen molar-refractivity contribution < 1.29 is 17.6 Å². The van der Waals surface area contributed by atoms with E-state index in [1.54, 1.807) is 35.9 Å². The molecule has 1 aromatic carbocycles. The van der Waals surface area contributed by atoms with Crippen molar-refractivity contribution >= 4 is 0 Å². The van der Waals surface area contributed by atoms with Crippen LogP contribution in [0.4, 0.5) is 13.2 Å². The molecule has 0 spiro atoms. The molecule has 0 aliphatic carbocycles. The van der Waals surface area contributed by atoms with Gasteiger partial charge in [-0.05, 0) is 37.3 Å². The van der Waals surface area contributed by atoms with Crippen LogP contribution in [0.5, 0.6) is 0 Å². The molecule has 0 unspecified atom stereocenters. The molecular formula is C15H11F3N2O. The first kappa shape index (κ1) is 13.5. The third kappa shape index (κ3) is 2.69. The van der Waals surface area contributed by atoms with Gasteiger partial charge in [-0.25, -0.2) is 4.98 Å². The number of imidazole rings is 1. The number of hydrogen-bond donors (Lipinski definition) is 0. The fraction of sp³-hybridized carbons (Fsp3) is 0.133. The van der Waals surface area contributed by atoms with Gasteiger partial charge in [0.2, 0.25) is 0 Å². The van der Waals surface area contributed by atoms with Crippen LogP contribution in [0.1, 0.15) is 11.3 Å². The van der Waals surface area contributed by atoms with Gasteiger partial charge in [-0.1, -0.05) is 0 Å². The maximum Gasteiger partial charge on any atom is 0.416 e. The Hall–Kier alpha value is -2.50. The minimum atomic E-state index is -4.42. The van der Waals surface area contributed by atoms with E-state index in [-0.39, 0.29) is 0 Å². The molecular weight excluding hydrogens is 281 g/mol. The van der Waals surface area contributed by atoms with Gasteiger partial charge >= 0.3 is 6.18 Å². The minimum absolute atomic E-state index is 0.371. The Morgan fingerprint density at radius 1 is 1.19 bits per heavy atom. The lowest BCUT2D eigenvalue weighted by atomic mass is 10.1. The predicted molar refractivity (Wildman–Crippen MR) is 71.0 cm³/mol. The molecule has 0 aliphatic heterocycles. The Morgan fingerprint density at radius 2 is 2.00 bits per heavy atom. The van der Waals surface area contributed by atoms with E-state index in [1.165, 1.54) is 12.6 Å². The first-order chi connectivity index (χ1) is 9.93. The predicted octanol–water partition coefficient (Wildman–Crippen LogP) is 4.46. The normalized spacial score (nSPS) is 11.8. The Balaban J connectivity index is 2.18. The van der Waals surface area contributed by atoms with E-state index in [1.807, 2.05) is 0 Å². The van der Waals surface area contributed by atoms with Crippen molar-refractivity contribution in [1.29, 1.82) is 0 Å². The molecule has 2 aromatic heterocycles. The van der Waals surface area contributed by atoms with Gasteiger partial charge in [0.25, 0.3) is 0 Å². The molecule has 6 heteroatoms. The number of furan rings is 1. The number of benzene rings is 1. The fourth-order valence-electron chi connectivity index (χ4n) is 2.07. The van der Waals surface area contributed by atoms with Crippen LogP contribution >= 0.6 is 0 Å². The molecule has 3 nitrogen and oxygen atoms in total. The number of rotatable bonds is 2. The lowest BCUT2D eigenvalue weighted by molar-refractivity contribution is -0.137. The first-order valence-corrected chi connectivity index (χ1v) is 6.20. The molecule has 21 heavy (non-hydrogen) atoms. The molecule has 0 aliphatic rings. The van der Waals surface area contributed by atoms with E-state index < -0.39 is 11.7 Å². The summed E-state index contributed by atoms with van der Waals surface area (Å²) in [7, 11) is 0. The summed E-state index contributed by atoms with van der Waals surface area (Å²) in [6.07, 6.45) is 0.155. The lowest BCUT2D eigenvalue weighted by Crippen LogP contribution is -2.06. The van der Waals surface area contributed by atoms with Crippen LogP contribution in [0.25, 0.3) is 17.0 Å². The second kappa shape index (κ2) is 4.80. The Bertz CT molecular complexity index is 758. The van der Waals surface area contributed by atoms with E-state index in [2.05, 4.69) is 4.98 Å². The zero-order chi connectivity index (χ0) is 15.0. The molecule has 3 rings (SSSR count). The molecule has 0 amide bonds. The zero-order valence-electron chi connectivity index (χ0n) is 11.1. The van der Waals surface area contributed by atoms with Crippen LogP contribution in [0.15, 0.2) is 53.5 Å². The van der Waals surface area contributed by atoms with E-state index in [4.69, 9.17) is 4.42 Å². The summed E-state index contributed by atoms with van der Waals surface area (Å²) in [6.45, 7) is 1.78. The maximum atomic E-state index is 13.1. The van der Waals surface area contributed by atoms with Crippen molar-refractivity contribution in [2.24, 2.45) is 0 Å². The topological polar surface area (TPSA) is 31.0 Å². The van der Waals surface area contributed by atoms with Crippen molar-refractivity contribution in [2.75, 3.05) is 0 Å². The molecule has 0 fully saturated rings. The molecule has 0 saturated heterocycles. The molecule has 3 aromatic rings. The SMILES string of the molecule is Cc1cn(-c2cc(-c3ccco3)cc(C(F)(F)F)c2)cn1. The fourth-order valence-corrected chi connectivity index (χ4v) is 2.07. The van der Waals surface area contributed by atoms with Crippen LogP contribution in [0.2, 0.25) is 0 Å². The number of aryl methyl sites for hydroxylation is 1. The number of halogens is 3. The number of alkyl halides is 3. The van der Waals surface area contributed by atoms with Gasteiger partial charge in [0, 0.05) is 17.4 Å². The molecule has 0 saturated carbocycles. The summed E-state index contributed by atoms with van der Waals surface area (Å²) in [5.74, 6) is 0.388. The summed E-state index contributed by atoms with van der Waals surface area (Å²) >= 11 is 0. The molecule has 0 radical (unpaired) electrons. The molecule has 0 bridgehead atoms. The molecule has 0 atom stereocenters. The van der Waals surface area contributed by atoms with Crippen molar-refractivity contribution in [3.05, 3.63) is 60.4 Å². The maximum absolute atomic E-state index is 13.1. The Morgan fingerprint density at radius 3 is 2.57 bits per heavy atom. The van der Waals surface area contributed by atoms with E-state index in [0.717, 1.165) is 17.8 Å². The van der Waals surface area contributed by atoms with Crippen LogP contribution < -0.4 is 0 Å². The van der Waals surface area contributed by atoms with Gasteiger partial charge in [-0.3, -0.25) is 0 Å². The smallest absolute Gasteiger partial charge is 0.416 e. The van der Waals surface area contributed by atoms with Crippen molar-refractivity contribution in [1.82, 2.24) is 9.55 Å². The average molecular weight is 292 g/mol. The minimum Gasteiger partial charge on any atom is -0.464 e. The van der Waals surface area contributed by atoms with Crippen LogP contribution in [-0.2, 0) is 6.18 Å². The van der Waals surface area contributed by atoms with Crippen LogP contribution in [-0.4, -0.2) is 9.55 Å². The Labute approximate surface area is 118 Å². The highest BCUT2D eigenvalue weighted by atomic mass is 19.4. The lowest BCUT2D eigenvalue weighted by Gasteiger charge is -2.11. The quantitative estimate of drug-likeness (QED) is 0.698. The molecule has 2 heterocycles. The highest BCUT2D eigenvalue weighted by molar-refractivity contribution is 5.63. The van der Waals surface area contributed by atoms with Gasteiger partial charge in [-0.15, -0.1) is 0 Å². The summed E-state index contributed by atoms with van der Waals surface area (Å²) < 4.78 is 45.9. The van der Waals surface area contributed by atoms with Crippen molar-refractivity contribution in [3.8, 4) is 17.0 Å². The van der Waals surface area contributed by atoms with E-state index in [0.29, 0.717) is 17.0 Å². The molecule has 0 N–H and O–H groups in total. The standard InChI is InChI=1S/C15H11F3N2O/c1-10-8-20(9-19-10)13-6-11(14-3-2-4-21-14)5-12(7-13)15(16,17)18/h2-9H,1H3. The number of aromatic nitrogens is 2. The summed E-state index contributed by atoms with van der Waals surface area (Å²) in [5.41, 5.74) is 0.762.